The third kappa shape index (κ3) is 1.34. The zero-order chi connectivity index (χ0) is 10.4. The molecule has 15 heavy (non-hydrogen) atoms. The van der Waals surface area contributed by atoms with Crippen molar-refractivity contribution >= 4 is 32.7 Å². The highest BCUT2D eigenvalue weighted by atomic mass is 79.9. The van der Waals surface area contributed by atoms with E-state index < -0.39 is 0 Å². The average Bonchev–Trinajstić information content (AvgIpc) is 2.58. The molecule has 2 aromatic rings. The van der Waals surface area contributed by atoms with Gasteiger partial charge in [0.1, 0.15) is 5.58 Å². The van der Waals surface area contributed by atoms with E-state index in [0.29, 0.717) is 12.2 Å². The molecular weight excluding hydrogens is 256 g/mol. The number of rotatable bonds is 0. The van der Waals surface area contributed by atoms with Gasteiger partial charge >= 0.3 is 0 Å². The fraction of sp³-hybridized carbons (Fsp3) is 0.250. The molecule has 0 radical (unpaired) electrons. The number of ketones is 1. The number of carbonyl (C=O) groups excluding carboxylic acids is 1. The molecule has 1 aliphatic carbocycles. The van der Waals surface area contributed by atoms with Gasteiger partial charge in [-0.25, -0.2) is 0 Å². The Morgan fingerprint density at radius 1 is 1.27 bits per heavy atom. The maximum absolute atomic E-state index is 11.6. The van der Waals surface area contributed by atoms with Gasteiger partial charge in [-0.05, 0) is 31.0 Å². The smallest absolute Gasteiger partial charge is 0.198 e. The second kappa shape index (κ2) is 3.20. The molecule has 0 saturated carbocycles. The van der Waals surface area contributed by atoms with Gasteiger partial charge in [0, 0.05) is 21.8 Å². The maximum atomic E-state index is 11.6. The molecule has 3 heteroatoms. The van der Waals surface area contributed by atoms with E-state index in [1.807, 2.05) is 18.2 Å². The molecule has 3 rings (SSSR count). The van der Waals surface area contributed by atoms with Crippen LogP contribution in [0.25, 0.3) is 11.0 Å². The van der Waals surface area contributed by atoms with Crippen LogP contribution in [0.3, 0.4) is 0 Å². The minimum Gasteiger partial charge on any atom is -0.453 e. The molecule has 0 fully saturated rings. The van der Waals surface area contributed by atoms with Crippen LogP contribution in [0.1, 0.15) is 29.0 Å². The number of halogens is 1. The van der Waals surface area contributed by atoms with E-state index in [2.05, 4.69) is 15.9 Å². The molecule has 1 aliphatic rings. The van der Waals surface area contributed by atoms with Crippen LogP contribution < -0.4 is 0 Å². The van der Waals surface area contributed by atoms with Crippen molar-refractivity contribution in [2.75, 3.05) is 0 Å². The summed E-state index contributed by atoms with van der Waals surface area (Å²) >= 11 is 3.43. The Labute approximate surface area is 95.4 Å². The van der Waals surface area contributed by atoms with Gasteiger partial charge in [-0.1, -0.05) is 15.9 Å². The van der Waals surface area contributed by atoms with Crippen LogP contribution in [-0.4, -0.2) is 5.78 Å². The summed E-state index contributed by atoms with van der Waals surface area (Å²) in [6.45, 7) is 0. The summed E-state index contributed by atoms with van der Waals surface area (Å²) in [4.78, 5) is 11.6. The van der Waals surface area contributed by atoms with E-state index in [4.69, 9.17) is 4.42 Å². The van der Waals surface area contributed by atoms with E-state index in [-0.39, 0.29) is 5.78 Å². The summed E-state index contributed by atoms with van der Waals surface area (Å²) in [6.07, 6.45) is 2.51. The first-order valence-electron chi connectivity index (χ1n) is 5.00. The highest BCUT2D eigenvalue weighted by Gasteiger charge is 2.24. The lowest BCUT2D eigenvalue weighted by atomic mass is 9.95. The topological polar surface area (TPSA) is 30.2 Å². The van der Waals surface area contributed by atoms with Crippen LogP contribution in [0, 0.1) is 0 Å². The summed E-state index contributed by atoms with van der Waals surface area (Å²) < 4.78 is 6.61. The number of hydrogen-bond donors (Lipinski definition) is 0. The second-order valence-corrected chi connectivity index (χ2v) is 4.74. The Balaban J connectivity index is 2.36. The van der Waals surface area contributed by atoms with E-state index in [1.165, 1.54) is 0 Å². The van der Waals surface area contributed by atoms with Gasteiger partial charge < -0.3 is 4.42 Å². The molecule has 1 aromatic carbocycles. The van der Waals surface area contributed by atoms with Gasteiger partial charge in [0.15, 0.2) is 11.5 Å². The van der Waals surface area contributed by atoms with Gasteiger partial charge in [-0.2, -0.15) is 0 Å². The van der Waals surface area contributed by atoms with Crippen LogP contribution in [-0.2, 0) is 6.42 Å². The number of hydrogen-bond acceptors (Lipinski definition) is 2. The van der Waals surface area contributed by atoms with Crippen molar-refractivity contribution in [2.45, 2.75) is 19.3 Å². The molecule has 0 bridgehead atoms. The van der Waals surface area contributed by atoms with Crippen LogP contribution >= 0.6 is 15.9 Å². The summed E-state index contributed by atoms with van der Waals surface area (Å²) in [7, 11) is 0. The van der Waals surface area contributed by atoms with Gasteiger partial charge in [0.05, 0.1) is 0 Å². The van der Waals surface area contributed by atoms with E-state index in [0.717, 1.165) is 33.8 Å². The lowest BCUT2D eigenvalue weighted by Crippen LogP contribution is -2.07. The number of benzene rings is 1. The number of furan rings is 1. The van der Waals surface area contributed by atoms with Crippen LogP contribution in [0.4, 0.5) is 0 Å². The van der Waals surface area contributed by atoms with Crippen molar-refractivity contribution in [3.8, 4) is 0 Å². The molecule has 0 N–H and O–H groups in total. The van der Waals surface area contributed by atoms with Gasteiger partial charge in [0.2, 0.25) is 0 Å². The first-order valence-corrected chi connectivity index (χ1v) is 5.79. The van der Waals surface area contributed by atoms with Crippen molar-refractivity contribution in [2.24, 2.45) is 0 Å². The monoisotopic (exact) mass is 264 g/mol. The number of aryl methyl sites for hydroxylation is 1. The number of carbonyl (C=O) groups is 1. The van der Waals surface area contributed by atoms with Crippen molar-refractivity contribution in [1.29, 1.82) is 0 Å². The third-order valence-electron chi connectivity index (χ3n) is 2.84. The lowest BCUT2D eigenvalue weighted by Gasteiger charge is -2.07. The van der Waals surface area contributed by atoms with Crippen molar-refractivity contribution in [1.82, 2.24) is 0 Å². The molecule has 1 aromatic heterocycles. The fourth-order valence-corrected chi connectivity index (χ4v) is 2.49. The summed E-state index contributed by atoms with van der Waals surface area (Å²) in [5, 5.41) is 1.08. The van der Waals surface area contributed by atoms with Crippen LogP contribution in [0.2, 0.25) is 0 Å². The van der Waals surface area contributed by atoms with Crippen molar-refractivity contribution < 1.29 is 9.21 Å². The van der Waals surface area contributed by atoms with Crippen LogP contribution in [0.5, 0.6) is 0 Å². The highest BCUT2D eigenvalue weighted by molar-refractivity contribution is 9.10. The SMILES string of the molecule is O=C1CCCc2c1oc1ccc(Br)cc21. The van der Waals surface area contributed by atoms with Gasteiger partial charge in [-0.3, -0.25) is 4.79 Å². The van der Waals surface area contributed by atoms with Crippen LogP contribution in [0.15, 0.2) is 27.1 Å². The van der Waals surface area contributed by atoms with Gasteiger partial charge in [0.25, 0.3) is 0 Å². The molecule has 1 heterocycles. The Morgan fingerprint density at radius 2 is 2.13 bits per heavy atom. The quantitative estimate of drug-likeness (QED) is 0.726. The van der Waals surface area contributed by atoms with E-state index in [9.17, 15) is 4.79 Å². The summed E-state index contributed by atoms with van der Waals surface area (Å²) in [5.41, 5.74) is 1.90. The molecule has 76 valence electrons. The zero-order valence-corrected chi connectivity index (χ0v) is 9.63. The molecule has 2 nitrogen and oxygen atoms in total. The minimum atomic E-state index is 0.142. The maximum Gasteiger partial charge on any atom is 0.198 e. The molecule has 0 unspecified atom stereocenters. The molecule has 0 amide bonds. The molecule has 0 aliphatic heterocycles. The predicted octanol–water partition coefficient (Wildman–Crippen LogP) is 3.71. The summed E-state index contributed by atoms with van der Waals surface area (Å²) in [5.74, 6) is 0.720. The average molecular weight is 265 g/mol. The van der Waals surface area contributed by atoms with Crippen molar-refractivity contribution in [3.63, 3.8) is 0 Å². The first kappa shape index (κ1) is 9.16. The first-order chi connectivity index (χ1) is 7.25. The standard InChI is InChI=1S/C12H9BrO2/c13-7-4-5-11-9(6-7)8-2-1-3-10(14)12(8)15-11/h4-6H,1-3H2. The highest BCUT2D eigenvalue weighted by Crippen LogP contribution is 2.33. The Hall–Kier alpha value is -1.09. The predicted molar refractivity (Wildman–Crippen MR) is 61.2 cm³/mol. The van der Waals surface area contributed by atoms with E-state index >= 15 is 0 Å². The Morgan fingerprint density at radius 3 is 3.00 bits per heavy atom. The lowest BCUT2D eigenvalue weighted by molar-refractivity contribution is 0.0946. The Bertz CT molecular complexity index is 554. The second-order valence-electron chi connectivity index (χ2n) is 3.83. The zero-order valence-electron chi connectivity index (χ0n) is 8.05. The Kier molecular flexibility index (Phi) is 1.96. The minimum absolute atomic E-state index is 0.142. The molecule has 0 atom stereocenters. The van der Waals surface area contributed by atoms with Gasteiger partial charge in [-0.15, -0.1) is 0 Å². The molecule has 0 spiro atoms. The van der Waals surface area contributed by atoms with Crippen molar-refractivity contribution in [3.05, 3.63) is 34.0 Å². The third-order valence-corrected chi connectivity index (χ3v) is 3.33. The number of fused-ring (bicyclic) bond motifs is 3. The number of Topliss-reactive ketones (excluding diaryl/α,β-unsaturated/α-hetero) is 1. The normalized spacial score (nSPS) is 15.7. The van der Waals surface area contributed by atoms with E-state index in [1.54, 1.807) is 0 Å². The molecule has 0 saturated heterocycles. The summed E-state index contributed by atoms with van der Waals surface area (Å²) in [6, 6.07) is 5.86. The molecular formula is C12H9BrO2. The largest absolute Gasteiger partial charge is 0.453 e. The fourth-order valence-electron chi connectivity index (χ4n) is 2.13.